The summed E-state index contributed by atoms with van der Waals surface area (Å²) in [5.74, 6) is -2.95. The minimum atomic E-state index is -5.08. The maximum Gasteiger partial charge on any atom is 0.490 e. The van der Waals surface area contributed by atoms with E-state index in [1.54, 1.807) is 4.57 Å². The summed E-state index contributed by atoms with van der Waals surface area (Å²) >= 11 is 0. The van der Waals surface area contributed by atoms with Crippen molar-refractivity contribution in [2.75, 3.05) is 6.54 Å². The Labute approximate surface area is 115 Å². The molecule has 0 aromatic carbocycles. The first kappa shape index (κ1) is 16.7. The maximum atomic E-state index is 10.6. The lowest BCUT2D eigenvalue weighted by atomic mass is 10.1. The molecule has 1 aromatic heterocycles. The van der Waals surface area contributed by atoms with Gasteiger partial charge < -0.3 is 25.7 Å². The van der Waals surface area contributed by atoms with Crippen LogP contribution in [0.5, 0.6) is 6.01 Å². The van der Waals surface area contributed by atoms with Crippen LogP contribution in [0.3, 0.4) is 0 Å². The molecule has 3 N–H and O–H groups in total. The molecule has 2 heterocycles. The Morgan fingerprint density at radius 1 is 1.71 bits per heavy atom. The Hall–Kier alpha value is -2.37. The molecule has 0 fully saturated rings. The molecule has 12 heteroatoms. The molecule has 0 radical (unpaired) electrons. The van der Waals surface area contributed by atoms with Gasteiger partial charge in [0.25, 0.3) is 0 Å². The van der Waals surface area contributed by atoms with Crippen molar-refractivity contribution >= 4 is 11.8 Å². The minimum absolute atomic E-state index is 0.195. The van der Waals surface area contributed by atoms with Crippen molar-refractivity contribution in [3.63, 3.8) is 0 Å². The highest BCUT2D eigenvalue weighted by molar-refractivity contribution is 5.73. The van der Waals surface area contributed by atoms with Gasteiger partial charge in [-0.05, 0) is 11.8 Å². The number of carbonyl (C=O) groups is 1. The van der Waals surface area contributed by atoms with E-state index < -0.39 is 22.7 Å². The van der Waals surface area contributed by atoms with E-state index >= 15 is 0 Å². The van der Waals surface area contributed by atoms with Gasteiger partial charge in [0.1, 0.15) is 11.8 Å². The molecule has 1 aliphatic heterocycles. The van der Waals surface area contributed by atoms with Crippen LogP contribution >= 0.6 is 0 Å². The molecule has 0 saturated carbocycles. The highest BCUT2D eigenvalue weighted by Crippen LogP contribution is 2.29. The largest absolute Gasteiger partial charge is 0.490 e. The summed E-state index contributed by atoms with van der Waals surface area (Å²) in [7, 11) is 0. The fourth-order valence-electron chi connectivity index (χ4n) is 1.39. The molecule has 0 amide bonds. The van der Waals surface area contributed by atoms with Crippen molar-refractivity contribution < 1.29 is 32.7 Å². The van der Waals surface area contributed by atoms with Crippen LogP contribution in [-0.4, -0.2) is 43.9 Å². The predicted molar refractivity (Wildman–Crippen MR) is 60.7 cm³/mol. The number of aromatic nitrogens is 2. The first-order chi connectivity index (χ1) is 9.48. The molecule has 9 nitrogen and oxygen atoms in total. The second-order valence-electron chi connectivity index (χ2n) is 4.33. The molecular formula is C9H11F3N4O5. The van der Waals surface area contributed by atoms with Gasteiger partial charge in [0, 0.05) is 11.5 Å². The van der Waals surface area contributed by atoms with Crippen molar-refractivity contribution in [1.29, 1.82) is 0 Å². The second kappa shape index (κ2) is 5.55. The molecule has 118 valence electrons. The van der Waals surface area contributed by atoms with Crippen LogP contribution in [0.15, 0.2) is 6.20 Å². The van der Waals surface area contributed by atoms with Crippen LogP contribution in [0.4, 0.5) is 19.0 Å². The Kier molecular flexibility index (Phi) is 4.41. The molecule has 0 spiro atoms. The number of nitrogens with two attached hydrogens (primary N) is 1. The number of carboxylic acids is 1. The summed E-state index contributed by atoms with van der Waals surface area (Å²) in [5, 5.41) is 17.5. The Balaban J connectivity index is 0.000000270. The summed E-state index contributed by atoms with van der Waals surface area (Å²) in [4.78, 5) is 22.5. The van der Waals surface area contributed by atoms with Crippen LogP contribution in [-0.2, 0) is 11.3 Å². The summed E-state index contributed by atoms with van der Waals surface area (Å²) in [6.45, 7) is 2.69. The van der Waals surface area contributed by atoms with Crippen LogP contribution < -0.4 is 10.5 Å². The Morgan fingerprint density at radius 3 is 2.57 bits per heavy atom. The molecule has 0 saturated heterocycles. The van der Waals surface area contributed by atoms with Crippen molar-refractivity contribution in [2.45, 2.75) is 25.2 Å². The van der Waals surface area contributed by atoms with Crippen LogP contribution in [0.2, 0.25) is 0 Å². The third-order valence-corrected chi connectivity index (χ3v) is 2.43. The molecule has 1 atom stereocenters. The molecule has 0 aliphatic carbocycles. The van der Waals surface area contributed by atoms with E-state index in [1.165, 1.54) is 6.20 Å². The molecule has 0 bridgehead atoms. The lowest BCUT2D eigenvalue weighted by molar-refractivity contribution is -0.389. The third kappa shape index (κ3) is 4.05. The van der Waals surface area contributed by atoms with E-state index in [2.05, 4.69) is 4.98 Å². The monoisotopic (exact) mass is 312 g/mol. The van der Waals surface area contributed by atoms with E-state index in [1.807, 2.05) is 6.92 Å². The van der Waals surface area contributed by atoms with E-state index in [9.17, 15) is 23.3 Å². The molecule has 1 aromatic rings. The summed E-state index contributed by atoms with van der Waals surface area (Å²) < 4.78 is 38.7. The van der Waals surface area contributed by atoms with Crippen LogP contribution in [0.25, 0.3) is 0 Å². The molecule has 1 aliphatic rings. The summed E-state index contributed by atoms with van der Waals surface area (Å²) in [6, 6.07) is 0.268. The summed E-state index contributed by atoms with van der Waals surface area (Å²) in [6.07, 6.45) is -3.73. The van der Waals surface area contributed by atoms with Crippen LogP contribution in [0.1, 0.15) is 6.92 Å². The zero-order valence-corrected chi connectivity index (χ0v) is 10.6. The molecule has 1 unspecified atom stereocenters. The van der Waals surface area contributed by atoms with Crippen molar-refractivity contribution in [3.05, 3.63) is 16.3 Å². The quantitative estimate of drug-likeness (QED) is 0.601. The van der Waals surface area contributed by atoms with Crippen molar-refractivity contribution in [2.24, 2.45) is 5.73 Å². The number of imidazole rings is 1. The normalized spacial score (nSPS) is 20.0. The first-order valence-electron chi connectivity index (χ1n) is 5.39. The zero-order chi connectivity index (χ0) is 16.4. The smallest absolute Gasteiger partial charge is 0.475 e. The van der Waals surface area contributed by atoms with Gasteiger partial charge in [0.15, 0.2) is 0 Å². The van der Waals surface area contributed by atoms with Gasteiger partial charge in [0.2, 0.25) is 0 Å². The van der Waals surface area contributed by atoms with Gasteiger partial charge in [0.05, 0.1) is 6.54 Å². The number of halogens is 3. The predicted octanol–water partition coefficient (Wildman–Crippen LogP) is 0.534. The fraction of sp³-hybridized carbons (Fsp3) is 0.556. The molecular weight excluding hydrogens is 301 g/mol. The Morgan fingerprint density at radius 2 is 2.24 bits per heavy atom. The minimum Gasteiger partial charge on any atom is -0.475 e. The number of rotatable bonds is 2. The second-order valence-corrected chi connectivity index (χ2v) is 4.33. The average Bonchev–Trinajstić information content (AvgIpc) is 2.84. The lowest BCUT2D eigenvalue weighted by Crippen LogP contribution is -2.39. The molecule has 2 rings (SSSR count). The number of ether oxygens (including phenoxy) is 1. The summed E-state index contributed by atoms with van der Waals surface area (Å²) in [5.41, 5.74) is 5.02. The average molecular weight is 312 g/mol. The number of hydrogen-bond acceptors (Lipinski definition) is 6. The zero-order valence-electron chi connectivity index (χ0n) is 10.6. The SMILES string of the molecule is CC1(CN)Cn2cc([N+](=O)[O-])nc2O1.O=C(O)C(F)(F)F. The highest BCUT2D eigenvalue weighted by atomic mass is 19.4. The number of nitrogens with zero attached hydrogens (tertiary/aromatic N) is 3. The number of hydrogen-bond donors (Lipinski definition) is 2. The van der Waals surface area contributed by atoms with E-state index in [0.717, 1.165) is 0 Å². The van der Waals surface area contributed by atoms with Gasteiger partial charge in [-0.2, -0.15) is 13.2 Å². The van der Waals surface area contributed by atoms with Gasteiger partial charge in [-0.25, -0.2) is 4.79 Å². The van der Waals surface area contributed by atoms with Crippen molar-refractivity contribution in [1.82, 2.24) is 9.55 Å². The van der Waals surface area contributed by atoms with Gasteiger partial charge in [-0.1, -0.05) is 0 Å². The molecule has 21 heavy (non-hydrogen) atoms. The number of nitro groups is 1. The number of carboxylic acid groups (broad SMARTS) is 1. The first-order valence-corrected chi connectivity index (χ1v) is 5.39. The van der Waals surface area contributed by atoms with Crippen LogP contribution in [0, 0.1) is 10.1 Å². The number of alkyl halides is 3. The highest BCUT2D eigenvalue weighted by Gasteiger charge is 2.39. The van der Waals surface area contributed by atoms with Crippen molar-refractivity contribution in [3.8, 4) is 6.01 Å². The lowest BCUT2D eigenvalue weighted by Gasteiger charge is -2.18. The van der Waals surface area contributed by atoms with Gasteiger partial charge >= 0.3 is 24.0 Å². The fourth-order valence-corrected chi connectivity index (χ4v) is 1.39. The van der Waals surface area contributed by atoms with Gasteiger partial charge in [-0.15, -0.1) is 0 Å². The van der Waals surface area contributed by atoms with E-state index in [4.69, 9.17) is 20.4 Å². The third-order valence-electron chi connectivity index (χ3n) is 2.43. The maximum absolute atomic E-state index is 10.6. The van der Waals surface area contributed by atoms with E-state index in [-0.39, 0.29) is 11.8 Å². The van der Waals surface area contributed by atoms with Gasteiger partial charge in [-0.3, -0.25) is 4.57 Å². The topological polar surface area (TPSA) is 134 Å². The van der Waals surface area contributed by atoms with E-state index in [0.29, 0.717) is 13.1 Å². The number of aliphatic carboxylic acids is 1. The standard InChI is InChI=1S/C7H10N4O3.C2HF3O2/c1-7(3-8)4-10-2-5(11(12)13)9-6(10)14-7;3-2(4,5)1(6)7/h2H,3-4,8H2,1H3;(H,6,7). The number of fused-ring (bicyclic) bond motifs is 1. The Bertz CT molecular complexity index is 533.